The number of aromatic nitrogens is 3. The second-order valence-electron chi connectivity index (χ2n) is 9.16. The highest BCUT2D eigenvalue weighted by molar-refractivity contribution is 6.19. The molecule has 35 heavy (non-hydrogen) atoms. The number of hydrogen-bond donors (Lipinski definition) is 1. The van der Waals surface area contributed by atoms with Crippen LogP contribution in [0.3, 0.4) is 0 Å². The number of aldehydes is 1. The van der Waals surface area contributed by atoms with Gasteiger partial charge in [0, 0.05) is 31.3 Å². The number of carbonyl (C=O) groups is 2. The highest BCUT2D eigenvalue weighted by Crippen LogP contribution is 2.35. The number of benzene rings is 1. The van der Waals surface area contributed by atoms with Crippen molar-refractivity contribution in [2.45, 2.75) is 33.1 Å². The van der Waals surface area contributed by atoms with E-state index >= 15 is 0 Å². The van der Waals surface area contributed by atoms with E-state index < -0.39 is 0 Å². The number of anilines is 2. The zero-order valence-electron chi connectivity index (χ0n) is 20.1. The Morgan fingerprint density at radius 3 is 2.94 bits per heavy atom. The first-order chi connectivity index (χ1) is 16.9. The van der Waals surface area contributed by atoms with Gasteiger partial charge in [0.05, 0.1) is 35.4 Å². The predicted octanol–water partition coefficient (Wildman–Crippen LogP) is 3.77. The number of guanidine groups is 1. The molecule has 3 aromatic rings. The first-order valence-electron chi connectivity index (χ1n) is 11.8. The largest absolute Gasteiger partial charge is 0.477 e. The molecule has 1 amide bonds. The zero-order valence-corrected chi connectivity index (χ0v) is 20.1. The van der Waals surface area contributed by atoms with Crippen molar-refractivity contribution in [2.75, 3.05) is 23.4 Å². The number of nitrogens with zero attached hydrogens (tertiary/aromatic N) is 5. The van der Waals surface area contributed by atoms with Crippen LogP contribution in [0.25, 0.3) is 11.3 Å². The summed E-state index contributed by atoms with van der Waals surface area (Å²) < 4.78 is 7.81. The summed E-state index contributed by atoms with van der Waals surface area (Å²) in [7, 11) is 1.83. The quantitative estimate of drug-likeness (QED) is 0.567. The van der Waals surface area contributed by atoms with E-state index in [4.69, 9.17) is 4.74 Å². The van der Waals surface area contributed by atoms with Crippen molar-refractivity contribution in [1.82, 2.24) is 14.8 Å². The number of carbonyl (C=O) groups excluding carboxylic acids is 2. The molecule has 0 unspecified atom stereocenters. The molecule has 180 valence electrons. The lowest BCUT2D eigenvalue weighted by atomic mass is 10.0. The van der Waals surface area contributed by atoms with Gasteiger partial charge >= 0.3 is 0 Å². The third-order valence-corrected chi connectivity index (χ3v) is 6.32. The van der Waals surface area contributed by atoms with Gasteiger partial charge in [0.15, 0.2) is 0 Å². The second kappa shape index (κ2) is 9.32. The fraction of sp³-hybridized carbons (Fsp3) is 0.346. The minimum atomic E-state index is -0.362. The summed E-state index contributed by atoms with van der Waals surface area (Å²) >= 11 is 0. The lowest BCUT2D eigenvalue weighted by Gasteiger charge is -2.23. The zero-order chi connectivity index (χ0) is 24.5. The van der Waals surface area contributed by atoms with Crippen LogP contribution in [0.15, 0.2) is 41.5 Å². The first-order valence-corrected chi connectivity index (χ1v) is 11.8. The highest BCUT2D eigenvalue weighted by Gasteiger charge is 2.28. The van der Waals surface area contributed by atoms with Crippen molar-refractivity contribution in [3.8, 4) is 17.1 Å². The van der Waals surface area contributed by atoms with Crippen LogP contribution in [-0.4, -0.2) is 46.1 Å². The molecule has 0 spiro atoms. The monoisotopic (exact) mass is 472 g/mol. The fourth-order valence-electron chi connectivity index (χ4n) is 4.57. The summed E-state index contributed by atoms with van der Waals surface area (Å²) in [4.78, 5) is 35.6. The molecule has 0 aliphatic carbocycles. The number of pyridine rings is 1. The van der Waals surface area contributed by atoms with Gasteiger partial charge in [-0.1, -0.05) is 13.0 Å². The normalized spacial score (nSPS) is 19.2. The van der Waals surface area contributed by atoms with E-state index in [-0.39, 0.29) is 5.91 Å². The molecule has 2 bridgehead atoms. The Balaban J connectivity index is 1.59. The Hall–Kier alpha value is -4.01. The van der Waals surface area contributed by atoms with Crippen LogP contribution >= 0.6 is 0 Å². The van der Waals surface area contributed by atoms with Gasteiger partial charge in [-0.2, -0.15) is 10.1 Å². The number of fused-ring (bicyclic) bond motifs is 7. The molecule has 2 aliphatic rings. The molecular weight excluding hydrogens is 444 g/mol. The fourth-order valence-corrected chi connectivity index (χ4v) is 4.57. The molecule has 4 heterocycles. The van der Waals surface area contributed by atoms with Crippen LogP contribution in [0.5, 0.6) is 5.88 Å². The summed E-state index contributed by atoms with van der Waals surface area (Å²) in [5.74, 6) is 1.07. The molecule has 2 aliphatic heterocycles. The van der Waals surface area contributed by atoms with Gasteiger partial charge in [-0.25, -0.2) is 4.68 Å². The molecule has 0 saturated heterocycles. The smallest absolute Gasteiger partial charge is 0.280 e. The molecule has 1 atom stereocenters. The van der Waals surface area contributed by atoms with E-state index in [1.165, 1.54) is 0 Å². The minimum Gasteiger partial charge on any atom is -0.477 e. The predicted molar refractivity (Wildman–Crippen MR) is 134 cm³/mol. The van der Waals surface area contributed by atoms with Gasteiger partial charge in [-0.05, 0) is 55.5 Å². The summed E-state index contributed by atoms with van der Waals surface area (Å²) in [5, 5.41) is 7.65. The summed E-state index contributed by atoms with van der Waals surface area (Å²) in [6.07, 6.45) is 4.75. The Morgan fingerprint density at radius 1 is 1.26 bits per heavy atom. The van der Waals surface area contributed by atoms with Crippen molar-refractivity contribution in [2.24, 2.45) is 18.0 Å². The summed E-state index contributed by atoms with van der Waals surface area (Å²) in [6.45, 7) is 5.25. The summed E-state index contributed by atoms with van der Waals surface area (Å²) in [5.41, 5.74) is 5.23. The van der Waals surface area contributed by atoms with Gasteiger partial charge in [-0.15, -0.1) is 0 Å². The number of aliphatic imine (C=N–C) groups is 1. The van der Waals surface area contributed by atoms with Crippen LogP contribution in [0.4, 0.5) is 11.4 Å². The third kappa shape index (κ3) is 4.53. The molecule has 0 radical (unpaired) electrons. The molecule has 1 aromatic carbocycles. The Bertz CT molecular complexity index is 1330. The van der Waals surface area contributed by atoms with Crippen molar-refractivity contribution in [3.63, 3.8) is 0 Å². The van der Waals surface area contributed by atoms with Gasteiger partial charge in [0.25, 0.3) is 5.91 Å². The Labute approximate surface area is 203 Å². The van der Waals surface area contributed by atoms with E-state index in [0.717, 1.165) is 41.6 Å². The Kier molecular flexibility index (Phi) is 6.07. The molecule has 5 rings (SSSR count). The SMILES string of the molecule is Cc1cc2cc(n1)-c1cnn(C)c1OCCC[C@@H](C)CN1/C(=N/C2=O)Nc2ccc(CC=O)cc21. The van der Waals surface area contributed by atoms with Crippen molar-refractivity contribution < 1.29 is 14.3 Å². The van der Waals surface area contributed by atoms with E-state index in [1.54, 1.807) is 23.0 Å². The van der Waals surface area contributed by atoms with Crippen LogP contribution in [0, 0.1) is 12.8 Å². The third-order valence-electron chi connectivity index (χ3n) is 6.32. The standard InChI is InChI=1S/C26H28N6O3/c1-16-5-4-10-35-25-20(14-27-31(25)3)22-13-19(11-17(2)28-22)24(34)30-26-29-21-7-6-18(8-9-33)12-23(21)32(26)15-16/h6-7,9,11-14,16H,4-5,8,10,15H2,1-3H3,(H,29,30,34)/t16-/m1/s1. The maximum absolute atomic E-state index is 13.3. The van der Waals surface area contributed by atoms with E-state index in [0.29, 0.717) is 54.3 Å². The lowest BCUT2D eigenvalue weighted by molar-refractivity contribution is -0.107. The molecular formula is C26H28N6O3. The number of aryl methyl sites for hydroxylation is 2. The number of amides is 1. The first kappa shape index (κ1) is 22.8. The molecule has 0 fully saturated rings. The topological polar surface area (TPSA) is 102 Å². The van der Waals surface area contributed by atoms with E-state index in [9.17, 15) is 9.59 Å². The minimum absolute atomic E-state index is 0.308. The highest BCUT2D eigenvalue weighted by atomic mass is 16.5. The molecule has 1 N–H and O–H groups in total. The molecule has 0 saturated carbocycles. The van der Waals surface area contributed by atoms with Crippen molar-refractivity contribution in [3.05, 3.63) is 53.3 Å². The average molecular weight is 473 g/mol. The average Bonchev–Trinajstić information content (AvgIpc) is 3.36. The van der Waals surface area contributed by atoms with E-state index in [2.05, 4.69) is 27.3 Å². The molecule has 9 nitrogen and oxygen atoms in total. The van der Waals surface area contributed by atoms with Gasteiger partial charge in [-0.3, -0.25) is 9.78 Å². The van der Waals surface area contributed by atoms with Gasteiger partial charge in [0.2, 0.25) is 11.8 Å². The van der Waals surface area contributed by atoms with Crippen LogP contribution in [-0.2, 0) is 18.3 Å². The molecule has 9 heteroatoms. The van der Waals surface area contributed by atoms with Crippen LogP contribution in [0.1, 0.15) is 41.4 Å². The van der Waals surface area contributed by atoms with Crippen LogP contribution in [0.2, 0.25) is 0 Å². The number of hydrogen-bond acceptors (Lipinski definition) is 7. The number of nitrogens with one attached hydrogen (secondary N) is 1. The Morgan fingerprint density at radius 2 is 2.11 bits per heavy atom. The van der Waals surface area contributed by atoms with Gasteiger partial charge < -0.3 is 19.7 Å². The van der Waals surface area contributed by atoms with Crippen molar-refractivity contribution >= 4 is 29.5 Å². The van der Waals surface area contributed by atoms with Crippen molar-refractivity contribution in [1.29, 1.82) is 0 Å². The maximum Gasteiger partial charge on any atom is 0.280 e. The number of rotatable bonds is 2. The second-order valence-corrected chi connectivity index (χ2v) is 9.16. The van der Waals surface area contributed by atoms with Crippen LogP contribution < -0.4 is 15.0 Å². The molecule has 2 aromatic heterocycles. The van der Waals surface area contributed by atoms with E-state index in [1.807, 2.05) is 37.1 Å². The summed E-state index contributed by atoms with van der Waals surface area (Å²) in [6, 6.07) is 9.32. The number of ether oxygens (including phenoxy) is 1. The lowest BCUT2D eigenvalue weighted by Crippen LogP contribution is -2.35. The van der Waals surface area contributed by atoms with Gasteiger partial charge in [0.1, 0.15) is 6.29 Å². The maximum atomic E-state index is 13.3.